The van der Waals surface area contributed by atoms with Gasteiger partial charge in [-0.1, -0.05) is 34.1 Å². The topological polar surface area (TPSA) is 26.3 Å². The number of ether oxygens (including phenoxy) is 1. The minimum Gasteiger partial charge on any atom is -0.434 e. The molecule has 0 saturated carbocycles. The number of hydrogen-bond acceptors (Lipinski definition) is 2. The number of ketones is 1. The van der Waals surface area contributed by atoms with Crippen LogP contribution in [0.1, 0.15) is 15.9 Å². The Balaban J connectivity index is 2.17. The van der Waals surface area contributed by atoms with Crippen LogP contribution in [0.3, 0.4) is 0 Å². The van der Waals surface area contributed by atoms with Crippen molar-refractivity contribution < 1.29 is 18.3 Å². The minimum atomic E-state index is -2.90. The van der Waals surface area contributed by atoms with Crippen LogP contribution in [0.25, 0.3) is 6.08 Å². The van der Waals surface area contributed by atoms with Gasteiger partial charge in [0.25, 0.3) is 0 Å². The zero-order chi connectivity index (χ0) is 15.2. The largest absolute Gasteiger partial charge is 0.434 e. The first kappa shape index (κ1) is 15.4. The highest BCUT2D eigenvalue weighted by Gasteiger charge is 2.07. The summed E-state index contributed by atoms with van der Waals surface area (Å²) in [7, 11) is 0. The molecular formula is C16H11BrF2O2. The highest BCUT2D eigenvalue weighted by Crippen LogP contribution is 2.22. The van der Waals surface area contributed by atoms with Gasteiger partial charge in [0.2, 0.25) is 0 Å². The van der Waals surface area contributed by atoms with Crippen molar-refractivity contribution in [2.75, 3.05) is 0 Å². The van der Waals surface area contributed by atoms with Gasteiger partial charge in [-0.2, -0.15) is 8.78 Å². The Morgan fingerprint density at radius 3 is 2.43 bits per heavy atom. The summed E-state index contributed by atoms with van der Waals surface area (Å²) in [6.45, 7) is -2.90. The second kappa shape index (κ2) is 7.13. The third-order valence-electron chi connectivity index (χ3n) is 2.68. The summed E-state index contributed by atoms with van der Waals surface area (Å²) in [5, 5.41) is 0. The third-order valence-corrected chi connectivity index (χ3v) is 3.21. The van der Waals surface area contributed by atoms with Crippen molar-refractivity contribution in [1.82, 2.24) is 0 Å². The zero-order valence-corrected chi connectivity index (χ0v) is 12.4. The third kappa shape index (κ3) is 4.49. The lowest BCUT2D eigenvalue weighted by molar-refractivity contribution is -0.0499. The number of halogens is 3. The molecule has 0 aromatic heterocycles. The van der Waals surface area contributed by atoms with Crippen LogP contribution < -0.4 is 4.74 Å². The summed E-state index contributed by atoms with van der Waals surface area (Å²) in [5.41, 5.74) is 0.935. The summed E-state index contributed by atoms with van der Waals surface area (Å²) in [4.78, 5) is 12.0. The van der Waals surface area contributed by atoms with Crippen LogP contribution in [-0.4, -0.2) is 12.4 Å². The van der Waals surface area contributed by atoms with Crippen LogP contribution >= 0.6 is 15.9 Å². The standard InChI is InChI=1S/C16H11BrF2O2/c17-13-8-5-11(6-9-13)14(20)10-7-12-3-1-2-4-15(12)21-16(18)19/h1-10,16H. The molecule has 0 aliphatic heterocycles. The average Bonchev–Trinajstić information content (AvgIpc) is 2.46. The molecule has 0 atom stereocenters. The molecule has 0 radical (unpaired) electrons. The van der Waals surface area contributed by atoms with E-state index in [0.29, 0.717) is 11.1 Å². The molecule has 0 bridgehead atoms. The molecule has 0 spiro atoms. The van der Waals surface area contributed by atoms with E-state index in [2.05, 4.69) is 20.7 Å². The van der Waals surface area contributed by atoms with Crippen molar-refractivity contribution in [2.45, 2.75) is 6.61 Å². The first-order valence-electron chi connectivity index (χ1n) is 6.08. The van der Waals surface area contributed by atoms with Gasteiger partial charge in [-0.15, -0.1) is 0 Å². The van der Waals surface area contributed by atoms with Crippen LogP contribution in [0, 0.1) is 0 Å². The summed E-state index contributed by atoms with van der Waals surface area (Å²) >= 11 is 3.29. The molecule has 0 saturated heterocycles. The van der Waals surface area contributed by atoms with Gasteiger partial charge in [-0.3, -0.25) is 4.79 Å². The highest BCUT2D eigenvalue weighted by molar-refractivity contribution is 9.10. The fraction of sp³-hybridized carbons (Fsp3) is 0.0625. The Kier molecular flexibility index (Phi) is 5.22. The Bertz CT molecular complexity index is 652. The lowest BCUT2D eigenvalue weighted by Crippen LogP contribution is -2.03. The van der Waals surface area contributed by atoms with Gasteiger partial charge in [0.05, 0.1) is 0 Å². The van der Waals surface area contributed by atoms with Gasteiger partial charge >= 0.3 is 6.61 Å². The monoisotopic (exact) mass is 352 g/mol. The fourth-order valence-corrected chi connectivity index (χ4v) is 1.96. The summed E-state index contributed by atoms with van der Waals surface area (Å²) in [5.74, 6) is -0.179. The maximum Gasteiger partial charge on any atom is 0.387 e. The van der Waals surface area contributed by atoms with Crippen LogP contribution in [0.15, 0.2) is 59.1 Å². The lowest BCUT2D eigenvalue weighted by atomic mass is 10.1. The van der Waals surface area contributed by atoms with E-state index in [9.17, 15) is 13.6 Å². The van der Waals surface area contributed by atoms with Gasteiger partial charge < -0.3 is 4.74 Å². The predicted molar refractivity (Wildman–Crippen MR) is 80.6 cm³/mol. The molecule has 0 amide bonds. The number of para-hydroxylation sites is 1. The Morgan fingerprint density at radius 2 is 1.76 bits per heavy atom. The molecule has 108 valence electrons. The van der Waals surface area contributed by atoms with E-state index in [1.807, 2.05) is 0 Å². The van der Waals surface area contributed by atoms with Gasteiger partial charge in [0.1, 0.15) is 5.75 Å². The number of hydrogen-bond donors (Lipinski definition) is 0. The van der Waals surface area contributed by atoms with Gasteiger partial charge in [-0.25, -0.2) is 0 Å². The molecule has 0 N–H and O–H groups in total. The zero-order valence-electron chi connectivity index (χ0n) is 10.8. The maximum atomic E-state index is 12.3. The van der Waals surface area contributed by atoms with Crippen LogP contribution in [-0.2, 0) is 0 Å². The van der Waals surface area contributed by atoms with E-state index >= 15 is 0 Å². The molecule has 2 rings (SSSR count). The van der Waals surface area contributed by atoms with Crippen LogP contribution in [0.5, 0.6) is 5.75 Å². The molecule has 21 heavy (non-hydrogen) atoms. The quantitative estimate of drug-likeness (QED) is 0.562. The summed E-state index contributed by atoms with van der Waals surface area (Å²) in [6, 6.07) is 13.2. The minimum absolute atomic E-state index is 0.0346. The molecule has 2 nitrogen and oxygen atoms in total. The van der Waals surface area contributed by atoms with Gasteiger partial charge in [-0.05, 0) is 42.5 Å². The number of carbonyl (C=O) groups is 1. The van der Waals surface area contributed by atoms with E-state index in [4.69, 9.17) is 0 Å². The highest BCUT2D eigenvalue weighted by atomic mass is 79.9. The van der Waals surface area contributed by atoms with E-state index < -0.39 is 6.61 Å². The molecule has 2 aromatic rings. The van der Waals surface area contributed by atoms with Crippen molar-refractivity contribution >= 4 is 27.8 Å². The van der Waals surface area contributed by atoms with E-state index in [0.717, 1.165) is 4.47 Å². The Labute approximate surface area is 129 Å². The van der Waals surface area contributed by atoms with E-state index in [1.165, 1.54) is 18.2 Å². The molecule has 0 aliphatic carbocycles. The summed E-state index contributed by atoms with van der Waals surface area (Å²) < 4.78 is 29.8. The normalized spacial score (nSPS) is 11.0. The van der Waals surface area contributed by atoms with E-state index in [1.54, 1.807) is 42.5 Å². The van der Waals surface area contributed by atoms with E-state index in [-0.39, 0.29) is 11.5 Å². The molecule has 2 aromatic carbocycles. The maximum absolute atomic E-state index is 12.3. The number of alkyl halides is 2. The lowest BCUT2D eigenvalue weighted by Gasteiger charge is -2.07. The number of allylic oxidation sites excluding steroid dienone is 1. The van der Waals surface area contributed by atoms with Crippen molar-refractivity contribution in [3.8, 4) is 5.75 Å². The van der Waals surface area contributed by atoms with Crippen molar-refractivity contribution in [3.05, 3.63) is 70.2 Å². The van der Waals surface area contributed by atoms with Gasteiger partial charge in [0.15, 0.2) is 5.78 Å². The number of carbonyl (C=O) groups excluding carboxylic acids is 1. The Morgan fingerprint density at radius 1 is 1.10 bits per heavy atom. The first-order chi connectivity index (χ1) is 10.1. The van der Waals surface area contributed by atoms with Crippen molar-refractivity contribution in [3.63, 3.8) is 0 Å². The predicted octanol–water partition coefficient (Wildman–Crippen LogP) is 4.95. The molecular weight excluding hydrogens is 342 g/mol. The summed E-state index contributed by atoms with van der Waals surface area (Å²) in [6.07, 6.45) is 2.79. The second-order valence-corrected chi connectivity index (χ2v) is 5.04. The molecule has 0 unspecified atom stereocenters. The SMILES string of the molecule is O=C(C=Cc1ccccc1OC(F)F)c1ccc(Br)cc1. The van der Waals surface area contributed by atoms with Crippen molar-refractivity contribution in [2.24, 2.45) is 0 Å². The van der Waals surface area contributed by atoms with Crippen LogP contribution in [0.2, 0.25) is 0 Å². The molecule has 0 fully saturated rings. The second-order valence-electron chi connectivity index (χ2n) is 4.12. The molecule has 0 heterocycles. The average molecular weight is 353 g/mol. The smallest absolute Gasteiger partial charge is 0.387 e. The number of rotatable bonds is 5. The van der Waals surface area contributed by atoms with Crippen LogP contribution in [0.4, 0.5) is 8.78 Å². The van der Waals surface area contributed by atoms with Gasteiger partial charge in [0, 0.05) is 15.6 Å². The first-order valence-corrected chi connectivity index (χ1v) is 6.87. The number of benzene rings is 2. The fourth-order valence-electron chi connectivity index (χ4n) is 1.70. The molecule has 0 aliphatic rings. The van der Waals surface area contributed by atoms with Crippen molar-refractivity contribution in [1.29, 1.82) is 0 Å². The Hall–Kier alpha value is -2.01. The molecule has 5 heteroatoms.